The maximum Gasteiger partial charge on any atom is 0.387 e. The predicted molar refractivity (Wildman–Crippen MR) is 53.5 cm³/mol. The van der Waals surface area contributed by atoms with E-state index in [0.29, 0.717) is 0 Å². The summed E-state index contributed by atoms with van der Waals surface area (Å²) in [6.07, 6.45) is 0. The van der Waals surface area contributed by atoms with Crippen molar-refractivity contribution in [1.29, 1.82) is 5.26 Å². The summed E-state index contributed by atoms with van der Waals surface area (Å²) in [4.78, 5) is 11.3. The molecule has 5 nitrogen and oxygen atoms in total. The SMILES string of the molecule is COC(=O)c1cc(C#N)cc(OC(F)F)c1N. The molecule has 1 aromatic carbocycles. The van der Waals surface area contributed by atoms with Crippen molar-refractivity contribution >= 4 is 11.7 Å². The minimum atomic E-state index is -3.10. The zero-order valence-electron chi connectivity index (χ0n) is 8.74. The largest absolute Gasteiger partial charge is 0.465 e. The highest BCUT2D eigenvalue weighted by Crippen LogP contribution is 2.29. The van der Waals surface area contributed by atoms with E-state index in [9.17, 15) is 13.6 Å². The monoisotopic (exact) mass is 242 g/mol. The standard InChI is InChI=1S/C10H8F2N2O3/c1-16-9(15)6-2-5(4-13)3-7(8(6)14)17-10(11)12/h2-3,10H,14H2,1H3. The number of carbonyl (C=O) groups excluding carboxylic acids is 1. The van der Waals surface area contributed by atoms with Crippen molar-refractivity contribution in [2.75, 3.05) is 12.8 Å². The van der Waals surface area contributed by atoms with Gasteiger partial charge in [0.1, 0.15) is 0 Å². The number of nitrogens with two attached hydrogens (primary N) is 1. The van der Waals surface area contributed by atoms with Crippen LogP contribution in [0.2, 0.25) is 0 Å². The molecule has 2 N–H and O–H groups in total. The lowest BCUT2D eigenvalue weighted by Gasteiger charge is -2.11. The molecule has 0 saturated heterocycles. The summed E-state index contributed by atoms with van der Waals surface area (Å²) < 4.78 is 32.7. The van der Waals surface area contributed by atoms with Crippen LogP contribution in [0.15, 0.2) is 12.1 Å². The first kappa shape index (κ1) is 12.7. The Morgan fingerprint density at radius 2 is 2.18 bits per heavy atom. The van der Waals surface area contributed by atoms with Gasteiger partial charge in [-0.25, -0.2) is 4.79 Å². The van der Waals surface area contributed by atoms with Crippen molar-refractivity contribution in [3.05, 3.63) is 23.3 Å². The molecule has 7 heteroatoms. The molecule has 0 aliphatic heterocycles. The molecule has 1 aromatic rings. The molecule has 90 valence electrons. The van der Waals surface area contributed by atoms with Gasteiger partial charge in [-0.15, -0.1) is 0 Å². The Bertz CT molecular complexity index is 483. The number of alkyl halides is 2. The number of benzene rings is 1. The minimum Gasteiger partial charge on any atom is -0.465 e. The number of nitriles is 1. The van der Waals surface area contributed by atoms with Gasteiger partial charge in [0.15, 0.2) is 5.75 Å². The highest BCUT2D eigenvalue weighted by Gasteiger charge is 2.18. The summed E-state index contributed by atoms with van der Waals surface area (Å²) in [7, 11) is 1.11. The Kier molecular flexibility index (Phi) is 3.82. The van der Waals surface area contributed by atoms with Gasteiger partial charge in [0, 0.05) is 6.07 Å². The molecular weight excluding hydrogens is 234 g/mol. The Morgan fingerprint density at radius 1 is 1.53 bits per heavy atom. The van der Waals surface area contributed by atoms with Crippen LogP contribution in [0.5, 0.6) is 5.75 Å². The van der Waals surface area contributed by atoms with E-state index in [4.69, 9.17) is 11.0 Å². The lowest BCUT2D eigenvalue weighted by atomic mass is 10.1. The number of rotatable bonds is 3. The van der Waals surface area contributed by atoms with Gasteiger partial charge in [0.25, 0.3) is 0 Å². The first-order valence-corrected chi connectivity index (χ1v) is 4.36. The van der Waals surface area contributed by atoms with Gasteiger partial charge in [-0.3, -0.25) is 0 Å². The zero-order chi connectivity index (χ0) is 13.0. The second-order valence-corrected chi connectivity index (χ2v) is 2.92. The van der Waals surface area contributed by atoms with Gasteiger partial charge in [-0.05, 0) is 6.07 Å². The average molecular weight is 242 g/mol. The third-order valence-electron chi connectivity index (χ3n) is 1.89. The van der Waals surface area contributed by atoms with Crippen molar-refractivity contribution < 1.29 is 23.0 Å². The number of hydrogen-bond donors (Lipinski definition) is 1. The Morgan fingerprint density at radius 3 is 2.65 bits per heavy atom. The summed E-state index contributed by atoms with van der Waals surface area (Å²) in [6.45, 7) is -3.10. The molecule has 0 aliphatic carbocycles. The molecule has 0 aromatic heterocycles. The molecule has 0 spiro atoms. The normalized spacial score (nSPS) is 9.82. The Labute approximate surface area is 95.3 Å². The predicted octanol–water partition coefficient (Wildman–Crippen LogP) is 1.53. The quantitative estimate of drug-likeness (QED) is 0.641. The number of hydrogen-bond acceptors (Lipinski definition) is 5. The maximum atomic E-state index is 12.1. The second kappa shape index (κ2) is 5.12. The van der Waals surface area contributed by atoms with Crippen LogP contribution in [0.25, 0.3) is 0 Å². The lowest BCUT2D eigenvalue weighted by molar-refractivity contribution is -0.0494. The minimum absolute atomic E-state index is 0.0322. The van der Waals surface area contributed by atoms with E-state index in [1.165, 1.54) is 0 Å². The maximum absolute atomic E-state index is 12.1. The first-order chi connectivity index (χ1) is 7.99. The van der Waals surface area contributed by atoms with Gasteiger partial charge in [0.2, 0.25) is 0 Å². The van der Waals surface area contributed by atoms with E-state index in [2.05, 4.69) is 9.47 Å². The highest BCUT2D eigenvalue weighted by molar-refractivity contribution is 5.97. The Hall–Kier alpha value is -2.36. The average Bonchev–Trinajstić information content (AvgIpc) is 2.30. The van der Waals surface area contributed by atoms with Gasteiger partial charge >= 0.3 is 12.6 Å². The first-order valence-electron chi connectivity index (χ1n) is 4.36. The number of ether oxygens (including phenoxy) is 2. The highest BCUT2D eigenvalue weighted by atomic mass is 19.3. The van der Waals surface area contributed by atoms with Gasteiger partial charge in [-0.1, -0.05) is 0 Å². The number of halogens is 2. The summed E-state index contributed by atoms with van der Waals surface area (Å²) in [6, 6.07) is 3.86. The molecular formula is C10H8F2N2O3. The molecule has 0 radical (unpaired) electrons. The zero-order valence-corrected chi connectivity index (χ0v) is 8.74. The third-order valence-corrected chi connectivity index (χ3v) is 1.89. The van der Waals surface area contributed by atoms with Crippen molar-refractivity contribution in [2.45, 2.75) is 6.61 Å². The lowest BCUT2D eigenvalue weighted by Crippen LogP contribution is -2.10. The molecule has 1 rings (SSSR count). The van der Waals surface area contributed by atoms with Gasteiger partial charge in [0.05, 0.1) is 30.0 Å². The van der Waals surface area contributed by atoms with Crippen molar-refractivity contribution in [1.82, 2.24) is 0 Å². The molecule has 0 heterocycles. The fourth-order valence-corrected chi connectivity index (χ4v) is 1.16. The van der Waals surface area contributed by atoms with E-state index >= 15 is 0 Å². The third kappa shape index (κ3) is 2.81. The molecule has 0 amide bonds. The van der Waals surface area contributed by atoms with E-state index < -0.39 is 18.3 Å². The molecule has 0 saturated carbocycles. The van der Waals surface area contributed by atoms with Crippen molar-refractivity contribution in [3.8, 4) is 11.8 Å². The van der Waals surface area contributed by atoms with Crippen LogP contribution in [-0.2, 0) is 4.74 Å². The Balaban J connectivity index is 3.31. The van der Waals surface area contributed by atoms with E-state index in [0.717, 1.165) is 19.2 Å². The second-order valence-electron chi connectivity index (χ2n) is 2.92. The number of nitrogen functional groups attached to an aromatic ring is 1. The number of methoxy groups -OCH3 is 1. The summed E-state index contributed by atoms with van der Waals surface area (Å²) in [5.41, 5.74) is 4.94. The molecule has 17 heavy (non-hydrogen) atoms. The van der Waals surface area contributed by atoms with Gasteiger partial charge < -0.3 is 15.2 Å². The van der Waals surface area contributed by atoms with E-state index in [-0.39, 0.29) is 16.8 Å². The summed E-state index contributed by atoms with van der Waals surface area (Å²) in [5.74, 6) is -1.27. The van der Waals surface area contributed by atoms with Crippen LogP contribution in [0.1, 0.15) is 15.9 Å². The molecule has 0 aliphatic rings. The fraction of sp³-hybridized carbons (Fsp3) is 0.200. The number of esters is 1. The van der Waals surface area contributed by atoms with Crippen molar-refractivity contribution in [2.24, 2.45) is 0 Å². The smallest absolute Gasteiger partial charge is 0.387 e. The summed E-state index contributed by atoms with van der Waals surface area (Å²) in [5, 5.41) is 8.68. The van der Waals surface area contributed by atoms with Crippen LogP contribution in [0, 0.1) is 11.3 Å². The molecule has 0 atom stereocenters. The van der Waals surface area contributed by atoms with E-state index in [1.807, 2.05) is 0 Å². The van der Waals surface area contributed by atoms with Gasteiger partial charge in [-0.2, -0.15) is 14.0 Å². The van der Waals surface area contributed by atoms with Crippen LogP contribution in [0.3, 0.4) is 0 Å². The van der Waals surface area contributed by atoms with Crippen LogP contribution in [0.4, 0.5) is 14.5 Å². The van der Waals surface area contributed by atoms with Crippen LogP contribution >= 0.6 is 0 Å². The topological polar surface area (TPSA) is 85.3 Å². The number of anilines is 1. The van der Waals surface area contributed by atoms with Crippen LogP contribution < -0.4 is 10.5 Å². The van der Waals surface area contributed by atoms with Crippen LogP contribution in [-0.4, -0.2) is 19.7 Å². The molecule has 0 unspecified atom stereocenters. The molecule has 0 bridgehead atoms. The fourth-order valence-electron chi connectivity index (χ4n) is 1.16. The summed E-state index contributed by atoms with van der Waals surface area (Å²) >= 11 is 0. The number of nitrogens with zero attached hydrogens (tertiary/aromatic N) is 1. The van der Waals surface area contributed by atoms with Crippen molar-refractivity contribution in [3.63, 3.8) is 0 Å². The number of carbonyl (C=O) groups is 1. The van der Waals surface area contributed by atoms with E-state index in [1.54, 1.807) is 6.07 Å². The molecule has 0 fully saturated rings.